The van der Waals surface area contributed by atoms with E-state index in [-0.39, 0.29) is 29.8 Å². The Hall–Kier alpha value is -2.71. The van der Waals surface area contributed by atoms with Gasteiger partial charge in [-0.25, -0.2) is 13.1 Å². The van der Waals surface area contributed by atoms with Gasteiger partial charge >= 0.3 is 0 Å². The molecule has 0 radical (unpaired) electrons. The number of carbonyl (C=O) groups is 2. The molecule has 144 valence electrons. The number of sulfonamides is 1. The third-order valence-corrected chi connectivity index (χ3v) is 5.37. The zero-order valence-electron chi connectivity index (χ0n) is 15.5. The van der Waals surface area contributed by atoms with Crippen molar-refractivity contribution in [1.82, 2.24) is 10.0 Å². The molecule has 2 aromatic rings. The predicted molar refractivity (Wildman–Crippen MR) is 104 cm³/mol. The Morgan fingerprint density at radius 1 is 1.04 bits per heavy atom. The molecule has 0 fully saturated rings. The van der Waals surface area contributed by atoms with E-state index >= 15 is 0 Å². The zero-order chi connectivity index (χ0) is 20.0. The van der Waals surface area contributed by atoms with Gasteiger partial charge in [0, 0.05) is 31.3 Å². The van der Waals surface area contributed by atoms with Crippen LogP contribution >= 0.6 is 0 Å². The largest absolute Gasteiger partial charge is 0.348 e. The maximum atomic E-state index is 12.5. The molecule has 0 saturated carbocycles. The van der Waals surface area contributed by atoms with E-state index in [1.165, 1.54) is 19.1 Å². The highest BCUT2D eigenvalue weighted by Crippen LogP contribution is 2.16. The Morgan fingerprint density at radius 3 is 2.30 bits per heavy atom. The summed E-state index contributed by atoms with van der Waals surface area (Å²) in [6, 6.07) is 11.6. The first-order chi connectivity index (χ1) is 12.7. The molecule has 0 spiro atoms. The molecule has 0 bridgehead atoms. The Kier molecular flexibility index (Phi) is 6.70. The van der Waals surface area contributed by atoms with Crippen LogP contribution in [0.2, 0.25) is 0 Å². The lowest BCUT2D eigenvalue weighted by Crippen LogP contribution is -2.26. The van der Waals surface area contributed by atoms with E-state index in [4.69, 9.17) is 0 Å². The van der Waals surface area contributed by atoms with Gasteiger partial charge in [0.05, 0.1) is 4.90 Å². The molecule has 0 saturated heterocycles. The number of amides is 2. The van der Waals surface area contributed by atoms with Crippen LogP contribution in [0.1, 0.15) is 35.3 Å². The molecule has 0 aliphatic carbocycles. The smallest absolute Gasteiger partial charge is 0.251 e. The third-order valence-electron chi connectivity index (χ3n) is 3.83. The van der Waals surface area contributed by atoms with Crippen molar-refractivity contribution in [2.45, 2.75) is 32.2 Å². The van der Waals surface area contributed by atoms with Crippen LogP contribution in [0.3, 0.4) is 0 Å². The van der Waals surface area contributed by atoms with Crippen LogP contribution in [-0.4, -0.2) is 26.8 Å². The lowest BCUT2D eigenvalue weighted by Gasteiger charge is -2.11. The summed E-state index contributed by atoms with van der Waals surface area (Å²) in [5, 5.41) is 5.46. The van der Waals surface area contributed by atoms with Crippen LogP contribution in [0.25, 0.3) is 0 Å². The molecule has 7 nitrogen and oxygen atoms in total. The number of rotatable bonds is 7. The van der Waals surface area contributed by atoms with Gasteiger partial charge in [0.25, 0.3) is 5.91 Å². The molecule has 0 aromatic heterocycles. The van der Waals surface area contributed by atoms with Crippen molar-refractivity contribution < 1.29 is 18.0 Å². The van der Waals surface area contributed by atoms with E-state index < -0.39 is 10.0 Å². The Bertz CT molecular complexity index is 938. The molecule has 2 amide bonds. The fourth-order valence-electron chi connectivity index (χ4n) is 2.47. The number of anilines is 1. The molecule has 0 aliphatic rings. The maximum absolute atomic E-state index is 12.5. The van der Waals surface area contributed by atoms with Crippen LogP contribution in [0.5, 0.6) is 0 Å². The molecule has 2 rings (SSSR count). The van der Waals surface area contributed by atoms with Gasteiger partial charge in [0.2, 0.25) is 15.9 Å². The van der Waals surface area contributed by atoms with Crippen molar-refractivity contribution >= 4 is 27.5 Å². The van der Waals surface area contributed by atoms with Crippen LogP contribution in [0.4, 0.5) is 5.69 Å². The van der Waals surface area contributed by atoms with E-state index in [9.17, 15) is 18.0 Å². The first-order valence-electron chi connectivity index (χ1n) is 8.48. The summed E-state index contributed by atoms with van der Waals surface area (Å²) in [7, 11) is -3.63. The van der Waals surface area contributed by atoms with E-state index in [2.05, 4.69) is 15.4 Å². The van der Waals surface area contributed by atoms with Crippen molar-refractivity contribution in [2.75, 3.05) is 11.9 Å². The summed E-state index contributed by atoms with van der Waals surface area (Å²) in [6.45, 7) is 5.42. The average Bonchev–Trinajstić information content (AvgIpc) is 2.60. The van der Waals surface area contributed by atoms with Gasteiger partial charge in [-0.1, -0.05) is 25.1 Å². The topological polar surface area (TPSA) is 104 Å². The van der Waals surface area contributed by atoms with E-state index in [0.717, 1.165) is 5.56 Å². The molecule has 0 aliphatic heterocycles. The number of benzene rings is 2. The van der Waals surface area contributed by atoms with Crippen LogP contribution in [-0.2, 0) is 21.4 Å². The van der Waals surface area contributed by atoms with Crippen molar-refractivity contribution in [1.29, 1.82) is 0 Å². The highest BCUT2D eigenvalue weighted by Gasteiger charge is 2.17. The van der Waals surface area contributed by atoms with Crippen LogP contribution < -0.4 is 15.4 Å². The molecule has 3 N–H and O–H groups in total. The van der Waals surface area contributed by atoms with Crippen molar-refractivity contribution in [2.24, 2.45) is 0 Å². The summed E-state index contributed by atoms with van der Waals surface area (Å²) >= 11 is 0. The summed E-state index contributed by atoms with van der Waals surface area (Å²) in [5.41, 5.74) is 2.52. The lowest BCUT2D eigenvalue weighted by molar-refractivity contribution is -0.114. The Labute approximate surface area is 159 Å². The molecular formula is C19H23N3O4S. The van der Waals surface area contributed by atoms with Crippen molar-refractivity contribution in [3.8, 4) is 0 Å². The monoisotopic (exact) mass is 389 g/mol. The number of hydrogen-bond acceptors (Lipinski definition) is 4. The molecule has 0 atom stereocenters. The lowest BCUT2D eigenvalue weighted by atomic mass is 10.1. The fourth-order valence-corrected chi connectivity index (χ4v) is 3.54. The first-order valence-corrected chi connectivity index (χ1v) is 9.96. The number of carbonyl (C=O) groups excluding carboxylic acids is 2. The van der Waals surface area contributed by atoms with Crippen molar-refractivity contribution in [3.63, 3.8) is 0 Å². The minimum absolute atomic E-state index is 0.0553. The molecule has 27 heavy (non-hydrogen) atoms. The van der Waals surface area contributed by atoms with E-state index in [1.54, 1.807) is 44.2 Å². The molecular weight excluding hydrogens is 366 g/mol. The third kappa shape index (κ3) is 5.63. The van der Waals surface area contributed by atoms with Gasteiger partial charge in [0.15, 0.2) is 0 Å². The number of nitrogens with one attached hydrogen (secondary N) is 3. The number of aryl methyl sites for hydroxylation is 1. The summed E-state index contributed by atoms with van der Waals surface area (Å²) < 4.78 is 26.7. The van der Waals surface area contributed by atoms with Gasteiger partial charge in [-0.05, 0) is 42.3 Å². The molecule has 0 heterocycles. The van der Waals surface area contributed by atoms with E-state index in [0.29, 0.717) is 16.8 Å². The number of hydrogen-bond donors (Lipinski definition) is 3. The maximum Gasteiger partial charge on any atom is 0.251 e. The van der Waals surface area contributed by atoms with Gasteiger partial charge in [-0.2, -0.15) is 0 Å². The predicted octanol–water partition coefficient (Wildman–Crippen LogP) is 2.18. The highest BCUT2D eigenvalue weighted by molar-refractivity contribution is 7.89. The second-order valence-electron chi connectivity index (χ2n) is 6.04. The minimum Gasteiger partial charge on any atom is -0.348 e. The standard InChI is InChI=1S/C19H23N3O4S/c1-4-21-27(25,26)17-10-5-13(2)18(11-17)19(24)20-12-15-6-8-16(9-7-15)22-14(3)23/h5-11,21H,4,12H2,1-3H3,(H,20,24)(H,22,23). The first kappa shape index (κ1) is 20.6. The quantitative estimate of drug-likeness (QED) is 0.675. The normalized spacial score (nSPS) is 11.1. The summed E-state index contributed by atoms with van der Waals surface area (Å²) in [6.07, 6.45) is 0. The van der Waals surface area contributed by atoms with Gasteiger partial charge in [-0.15, -0.1) is 0 Å². The minimum atomic E-state index is -3.63. The van der Waals surface area contributed by atoms with Gasteiger partial charge in [-0.3, -0.25) is 9.59 Å². The second-order valence-corrected chi connectivity index (χ2v) is 7.81. The summed E-state index contributed by atoms with van der Waals surface area (Å²) in [5.74, 6) is -0.508. The molecule has 0 unspecified atom stereocenters. The van der Waals surface area contributed by atoms with Crippen LogP contribution in [0, 0.1) is 6.92 Å². The second kappa shape index (κ2) is 8.79. The van der Waals surface area contributed by atoms with Crippen molar-refractivity contribution in [3.05, 3.63) is 59.2 Å². The van der Waals surface area contributed by atoms with Crippen LogP contribution in [0.15, 0.2) is 47.4 Å². The highest BCUT2D eigenvalue weighted by atomic mass is 32.2. The summed E-state index contributed by atoms with van der Waals surface area (Å²) in [4.78, 5) is 23.6. The fraction of sp³-hybridized carbons (Fsp3) is 0.263. The molecule has 2 aromatic carbocycles. The SMILES string of the molecule is CCNS(=O)(=O)c1ccc(C)c(C(=O)NCc2ccc(NC(C)=O)cc2)c1. The van der Waals surface area contributed by atoms with Gasteiger partial charge in [0.1, 0.15) is 0 Å². The van der Waals surface area contributed by atoms with Gasteiger partial charge < -0.3 is 10.6 Å². The molecule has 8 heteroatoms. The average molecular weight is 389 g/mol. The Morgan fingerprint density at radius 2 is 1.70 bits per heavy atom. The Balaban J connectivity index is 2.10. The zero-order valence-corrected chi connectivity index (χ0v) is 16.3. The van der Waals surface area contributed by atoms with E-state index in [1.807, 2.05) is 0 Å².